The Morgan fingerprint density at radius 2 is 2.14 bits per heavy atom. The van der Waals surface area contributed by atoms with E-state index in [1.165, 1.54) is 6.20 Å². The lowest BCUT2D eigenvalue weighted by molar-refractivity contribution is -0.232. The number of aromatic nitrogens is 2. The lowest BCUT2D eigenvalue weighted by Crippen LogP contribution is -2.48. The van der Waals surface area contributed by atoms with Gasteiger partial charge in [0.15, 0.2) is 5.60 Å². The fraction of sp³-hybridized carbons (Fsp3) is 0.333. The van der Waals surface area contributed by atoms with Gasteiger partial charge in [-0.1, -0.05) is 23.8 Å². The lowest BCUT2D eigenvalue weighted by Gasteiger charge is -2.33. The number of ether oxygens (including phenoxy) is 1. The van der Waals surface area contributed by atoms with E-state index < -0.39 is 24.1 Å². The van der Waals surface area contributed by atoms with Crippen LogP contribution >= 0.6 is 0 Å². The van der Waals surface area contributed by atoms with Crippen LogP contribution in [0.1, 0.15) is 29.9 Å². The first-order chi connectivity index (χ1) is 13.8. The number of aromatic amines is 1. The van der Waals surface area contributed by atoms with Gasteiger partial charge in [0.1, 0.15) is 5.75 Å². The van der Waals surface area contributed by atoms with E-state index in [2.05, 4.69) is 15.2 Å². The van der Waals surface area contributed by atoms with Gasteiger partial charge in [0, 0.05) is 11.6 Å². The Morgan fingerprint density at radius 3 is 2.93 bits per heavy atom. The Labute approximate surface area is 165 Å². The van der Waals surface area contributed by atoms with Gasteiger partial charge in [-0.15, -0.1) is 0 Å². The third-order valence-electron chi connectivity index (χ3n) is 5.26. The largest absolute Gasteiger partial charge is 0.493 e. The van der Waals surface area contributed by atoms with Crippen LogP contribution in [0, 0.1) is 6.92 Å². The van der Waals surface area contributed by atoms with Gasteiger partial charge in [-0.2, -0.15) is 18.3 Å². The molecule has 5 nitrogen and oxygen atoms in total. The minimum Gasteiger partial charge on any atom is -0.493 e. The molecule has 3 aromatic rings. The van der Waals surface area contributed by atoms with Crippen molar-refractivity contribution in [1.82, 2.24) is 10.2 Å². The quantitative estimate of drug-likeness (QED) is 0.614. The van der Waals surface area contributed by atoms with Crippen molar-refractivity contribution in [3.05, 3.63) is 53.7 Å². The summed E-state index contributed by atoms with van der Waals surface area (Å²) in [5, 5.41) is 17.9. The van der Waals surface area contributed by atoms with Crippen molar-refractivity contribution in [2.24, 2.45) is 4.99 Å². The molecule has 0 saturated carbocycles. The Kier molecular flexibility index (Phi) is 4.82. The summed E-state index contributed by atoms with van der Waals surface area (Å²) in [7, 11) is 0. The SMILES string of the molecule is Cc1ccc2c(c1)C(CC(O)(C=Nc1cccc3[nH]ncc13)C(F)(F)F)CCO2. The molecule has 2 unspecified atom stereocenters. The zero-order valence-corrected chi connectivity index (χ0v) is 15.7. The summed E-state index contributed by atoms with van der Waals surface area (Å²) in [5.74, 6) is 0.0675. The standard InChI is InChI=1S/C21H20F3N3O2/c1-13-5-6-19-15(9-13)14(7-8-29-19)10-20(28,21(22,23)24)12-25-17-3-2-4-18-16(17)11-26-27-18/h2-6,9,11-12,14,28H,7-8,10H2,1H3,(H,26,27). The second kappa shape index (κ2) is 7.18. The molecule has 2 N–H and O–H groups in total. The van der Waals surface area contributed by atoms with Crippen molar-refractivity contribution >= 4 is 22.8 Å². The second-order valence-corrected chi connectivity index (χ2v) is 7.37. The molecule has 2 aromatic carbocycles. The highest BCUT2D eigenvalue weighted by molar-refractivity contribution is 5.91. The fourth-order valence-electron chi connectivity index (χ4n) is 3.66. The number of H-pyrrole nitrogens is 1. The molecule has 0 amide bonds. The first-order valence-corrected chi connectivity index (χ1v) is 9.27. The van der Waals surface area contributed by atoms with E-state index in [0.29, 0.717) is 47.1 Å². The summed E-state index contributed by atoms with van der Waals surface area (Å²) in [6.45, 7) is 2.18. The smallest absolute Gasteiger partial charge is 0.422 e. The molecule has 1 aromatic heterocycles. The summed E-state index contributed by atoms with van der Waals surface area (Å²) < 4.78 is 47.2. The number of hydrogen-bond acceptors (Lipinski definition) is 4. The minimum absolute atomic E-state index is 0.306. The number of alkyl halides is 3. The predicted molar refractivity (Wildman–Crippen MR) is 104 cm³/mol. The molecule has 4 rings (SSSR count). The van der Waals surface area contributed by atoms with E-state index >= 15 is 0 Å². The van der Waals surface area contributed by atoms with Gasteiger partial charge in [-0.05, 0) is 49.4 Å². The maximum atomic E-state index is 13.9. The van der Waals surface area contributed by atoms with Gasteiger partial charge in [-0.3, -0.25) is 10.1 Å². The van der Waals surface area contributed by atoms with Gasteiger partial charge in [-0.25, -0.2) is 0 Å². The van der Waals surface area contributed by atoms with E-state index in [1.807, 2.05) is 19.1 Å². The predicted octanol–water partition coefficient (Wildman–Crippen LogP) is 4.82. The molecule has 0 saturated heterocycles. The Bertz CT molecular complexity index is 1060. The van der Waals surface area contributed by atoms with Crippen molar-refractivity contribution in [2.75, 3.05) is 6.61 Å². The van der Waals surface area contributed by atoms with Crippen LogP contribution in [0.2, 0.25) is 0 Å². The fourth-order valence-corrected chi connectivity index (χ4v) is 3.66. The average Bonchev–Trinajstić information content (AvgIpc) is 3.15. The summed E-state index contributed by atoms with van der Waals surface area (Å²) in [5.41, 5.74) is -0.493. The van der Waals surface area contributed by atoms with E-state index in [-0.39, 0.29) is 0 Å². The van der Waals surface area contributed by atoms with E-state index in [1.54, 1.807) is 24.3 Å². The maximum absolute atomic E-state index is 13.9. The van der Waals surface area contributed by atoms with E-state index in [9.17, 15) is 18.3 Å². The summed E-state index contributed by atoms with van der Waals surface area (Å²) in [6, 6.07) is 10.4. The number of aryl methyl sites for hydroxylation is 1. The van der Waals surface area contributed by atoms with E-state index in [0.717, 1.165) is 5.56 Å². The highest BCUT2D eigenvalue weighted by atomic mass is 19.4. The van der Waals surface area contributed by atoms with Crippen molar-refractivity contribution in [1.29, 1.82) is 0 Å². The Morgan fingerprint density at radius 1 is 1.31 bits per heavy atom. The number of fused-ring (bicyclic) bond motifs is 2. The minimum atomic E-state index is -4.87. The highest BCUT2D eigenvalue weighted by Gasteiger charge is 2.54. The van der Waals surface area contributed by atoms with Gasteiger partial charge < -0.3 is 9.84 Å². The van der Waals surface area contributed by atoms with Crippen LogP contribution < -0.4 is 4.74 Å². The molecule has 0 fully saturated rings. The zero-order chi connectivity index (χ0) is 20.6. The molecule has 2 heterocycles. The van der Waals surface area contributed by atoms with Gasteiger partial charge in [0.2, 0.25) is 0 Å². The number of aliphatic hydroxyl groups is 1. The monoisotopic (exact) mass is 403 g/mol. The number of benzene rings is 2. The molecule has 29 heavy (non-hydrogen) atoms. The van der Waals surface area contributed by atoms with Crippen molar-refractivity contribution in [3.8, 4) is 5.75 Å². The molecule has 152 valence electrons. The topological polar surface area (TPSA) is 70.5 Å². The number of nitrogens with zero attached hydrogens (tertiary/aromatic N) is 2. The van der Waals surface area contributed by atoms with E-state index in [4.69, 9.17) is 4.74 Å². The zero-order valence-electron chi connectivity index (χ0n) is 15.7. The molecular weight excluding hydrogens is 383 g/mol. The van der Waals surface area contributed by atoms with Crippen LogP contribution in [-0.2, 0) is 0 Å². The van der Waals surface area contributed by atoms with Crippen LogP contribution in [0.4, 0.5) is 18.9 Å². The number of hydrogen-bond donors (Lipinski definition) is 2. The van der Waals surface area contributed by atoms with Gasteiger partial charge >= 0.3 is 6.18 Å². The summed E-state index contributed by atoms with van der Waals surface area (Å²) in [6.07, 6.45) is -2.91. The first-order valence-electron chi connectivity index (χ1n) is 9.27. The molecule has 0 radical (unpaired) electrons. The van der Waals surface area contributed by atoms with Crippen LogP contribution in [0.5, 0.6) is 5.75 Å². The molecule has 1 aliphatic rings. The molecule has 0 aliphatic carbocycles. The van der Waals surface area contributed by atoms with Gasteiger partial charge in [0.05, 0.1) is 24.0 Å². The molecule has 0 spiro atoms. The van der Waals surface area contributed by atoms with Gasteiger partial charge in [0.25, 0.3) is 0 Å². The number of rotatable bonds is 4. The van der Waals surface area contributed by atoms with Crippen LogP contribution in [0.15, 0.2) is 47.6 Å². The molecule has 2 atom stereocenters. The number of aliphatic imine (C=N–C) groups is 1. The molecule has 8 heteroatoms. The maximum Gasteiger partial charge on any atom is 0.422 e. The highest BCUT2D eigenvalue weighted by Crippen LogP contribution is 2.43. The summed E-state index contributed by atoms with van der Waals surface area (Å²) in [4.78, 5) is 4.00. The summed E-state index contributed by atoms with van der Waals surface area (Å²) >= 11 is 0. The number of nitrogens with one attached hydrogen (secondary N) is 1. The normalized spacial score (nSPS) is 19.1. The number of halogens is 3. The van der Waals surface area contributed by atoms with Crippen LogP contribution in [-0.4, -0.2) is 39.9 Å². The molecular formula is C21H20F3N3O2. The lowest BCUT2D eigenvalue weighted by atomic mass is 9.82. The Balaban J connectivity index is 1.68. The molecule has 0 bridgehead atoms. The first kappa shape index (κ1) is 19.4. The van der Waals surface area contributed by atoms with Crippen LogP contribution in [0.25, 0.3) is 10.9 Å². The Hall–Kier alpha value is -2.87. The second-order valence-electron chi connectivity index (χ2n) is 7.37. The van der Waals surface area contributed by atoms with Crippen molar-refractivity contribution in [3.63, 3.8) is 0 Å². The third kappa shape index (κ3) is 3.72. The van der Waals surface area contributed by atoms with Crippen molar-refractivity contribution < 1.29 is 23.0 Å². The average molecular weight is 403 g/mol. The molecule has 1 aliphatic heterocycles. The third-order valence-corrected chi connectivity index (χ3v) is 5.26. The van der Waals surface area contributed by atoms with Crippen LogP contribution in [0.3, 0.4) is 0 Å². The van der Waals surface area contributed by atoms with Crippen molar-refractivity contribution in [2.45, 2.75) is 37.5 Å².